The van der Waals surface area contributed by atoms with E-state index in [0.717, 1.165) is 11.4 Å². The molecule has 1 aromatic carbocycles. The van der Waals surface area contributed by atoms with Gasteiger partial charge in [-0.1, -0.05) is 6.07 Å². The Bertz CT molecular complexity index is 690. The van der Waals surface area contributed by atoms with E-state index in [2.05, 4.69) is 15.3 Å². The van der Waals surface area contributed by atoms with Crippen LogP contribution in [0.15, 0.2) is 36.5 Å². The average Bonchev–Trinajstić information content (AvgIpc) is 2.38. The van der Waals surface area contributed by atoms with Crippen LogP contribution in [0.1, 0.15) is 17.2 Å². The van der Waals surface area contributed by atoms with E-state index in [4.69, 9.17) is 5.73 Å². The van der Waals surface area contributed by atoms with Crippen LogP contribution in [0, 0.1) is 13.8 Å². The van der Waals surface area contributed by atoms with E-state index in [0.29, 0.717) is 5.69 Å². The second-order valence-electron chi connectivity index (χ2n) is 4.56. The van der Waals surface area contributed by atoms with Crippen LogP contribution in [0.5, 0.6) is 5.75 Å². The SMILES string of the molecule is Cc1cc(C)nc(C(=CN)C(=O)Nc2cccc(O)c2)n1. The number of aromatic hydroxyl groups is 1. The molecule has 0 aliphatic carbocycles. The highest BCUT2D eigenvalue weighted by Gasteiger charge is 2.15. The molecule has 0 spiro atoms. The molecular weight excluding hydrogens is 268 g/mol. The number of nitrogens with two attached hydrogens (primary N) is 1. The molecule has 0 aliphatic rings. The van der Waals surface area contributed by atoms with Crippen LogP contribution in [0.3, 0.4) is 0 Å². The standard InChI is InChI=1S/C15H16N4O2/c1-9-6-10(2)18-14(17-9)13(8-16)15(21)19-11-4-3-5-12(20)7-11/h3-8,20H,16H2,1-2H3,(H,19,21). The van der Waals surface area contributed by atoms with Gasteiger partial charge in [-0.05, 0) is 32.0 Å². The molecule has 0 saturated heterocycles. The molecule has 6 heteroatoms. The zero-order valence-corrected chi connectivity index (χ0v) is 11.8. The van der Waals surface area contributed by atoms with Crippen molar-refractivity contribution in [3.8, 4) is 5.75 Å². The third kappa shape index (κ3) is 3.56. The Morgan fingerprint density at radius 2 is 1.90 bits per heavy atom. The van der Waals surface area contributed by atoms with E-state index in [9.17, 15) is 9.90 Å². The van der Waals surface area contributed by atoms with Gasteiger partial charge >= 0.3 is 0 Å². The molecule has 0 aliphatic heterocycles. The fourth-order valence-corrected chi connectivity index (χ4v) is 1.88. The minimum atomic E-state index is -0.437. The number of hydrogen-bond acceptors (Lipinski definition) is 5. The predicted octanol–water partition coefficient (Wildman–Crippen LogP) is 1.74. The number of carbonyl (C=O) groups excluding carboxylic acids is 1. The first-order valence-corrected chi connectivity index (χ1v) is 6.34. The van der Waals surface area contributed by atoms with Gasteiger partial charge in [0.05, 0.1) is 5.57 Å². The lowest BCUT2D eigenvalue weighted by Gasteiger charge is -2.09. The molecular formula is C15H16N4O2. The third-order valence-electron chi connectivity index (χ3n) is 2.74. The lowest BCUT2D eigenvalue weighted by atomic mass is 10.2. The Kier molecular flexibility index (Phi) is 4.18. The number of rotatable bonds is 3. The lowest BCUT2D eigenvalue weighted by molar-refractivity contribution is -0.111. The maximum Gasteiger partial charge on any atom is 0.260 e. The number of nitrogens with one attached hydrogen (secondary N) is 1. The summed E-state index contributed by atoms with van der Waals surface area (Å²) in [7, 11) is 0. The summed E-state index contributed by atoms with van der Waals surface area (Å²) >= 11 is 0. The molecule has 0 atom stereocenters. The van der Waals surface area contributed by atoms with Crippen LogP contribution < -0.4 is 11.1 Å². The summed E-state index contributed by atoms with van der Waals surface area (Å²) in [6, 6.07) is 8.06. The van der Waals surface area contributed by atoms with Crippen molar-refractivity contribution in [1.29, 1.82) is 0 Å². The van der Waals surface area contributed by atoms with Crippen LogP contribution in [0.4, 0.5) is 5.69 Å². The van der Waals surface area contributed by atoms with E-state index >= 15 is 0 Å². The van der Waals surface area contributed by atoms with Crippen molar-refractivity contribution in [2.45, 2.75) is 13.8 Å². The van der Waals surface area contributed by atoms with Crippen LogP contribution >= 0.6 is 0 Å². The third-order valence-corrected chi connectivity index (χ3v) is 2.74. The first kappa shape index (κ1) is 14.5. The summed E-state index contributed by atoms with van der Waals surface area (Å²) in [5, 5.41) is 12.0. The van der Waals surface area contributed by atoms with Gasteiger partial charge in [-0.25, -0.2) is 9.97 Å². The van der Waals surface area contributed by atoms with Crippen molar-refractivity contribution in [3.05, 3.63) is 53.7 Å². The van der Waals surface area contributed by atoms with Gasteiger partial charge in [0, 0.05) is 29.3 Å². The van der Waals surface area contributed by atoms with Crippen LogP contribution in [0.2, 0.25) is 0 Å². The predicted molar refractivity (Wildman–Crippen MR) is 80.4 cm³/mol. The van der Waals surface area contributed by atoms with Crippen molar-refractivity contribution in [2.24, 2.45) is 5.73 Å². The molecule has 0 fully saturated rings. The summed E-state index contributed by atoms with van der Waals surface area (Å²) in [5.74, 6) is -0.102. The first-order chi connectivity index (χ1) is 9.99. The molecule has 0 radical (unpaired) electrons. The van der Waals surface area contributed by atoms with Gasteiger partial charge in [-0.15, -0.1) is 0 Å². The van der Waals surface area contributed by atoms with Crippen molar-refractivity contribution >= 4 is 17.2 Å². The van der Waals surface area contributed by atoms with Crippen molar-refractivity contribution < 1.29 is 9.90 Å². The maximum absolute atomic E-state index is 12.3. The van der Waals surface area contributed by atoms with Crippen molar-refractivity contribution in [2.75, 3.05) is 5.32 Å². The normalized spacial score (nSPS) is 11.2. The van der Waals surface area contributed by atoms with E-state index in [1.807, 2.05) is 19.9 Å². The molecule has 108 valence electrons. The number of anilines is 1. The molecule has 4 N–H and O–H groups in total. The van der Waals surface area contributed by atoms with Crippen LogP contribution in [-0.4, -0.2) is 21.0 Å². The topological polar surface area (TPSA) is 101 Å². The van der Waals surface area contributed by atoms with Crippen LogP contribution in [-0.2, 0) is 4.79 Å². The highest BCUT2D eigenvalue weighted by atomic mass is 16.3. The van der Waals surface area contributed by atoms with Gasteiger partial charge in [0.1, 0.15) is 5.75 Å². The number of phenolic OH excluding ortho intramolecular Hbond substituents is 1. The zero-order chi connectivity index (χ0) is 15.4. The van der Waals surface area contributed by atoms with Gasteiger partial charge in [0.15, 0.2) is 5.82 Å². The lowest BCUT2D eigenvalue weighted by Crippen LogP contribution is -2.17. The Morgan fingerprint density at radius 3 is 2.48 bits per heavy atom. The number of aromatic nitrogens is 2. The first-order valence-electron chi connectivity index (χ1n) is 6.34. The van der Waals surface area contributed by atoms with Crippen molar-refractivity contribution in [1.82, 2.24) is 9.97 Å². The second-order valence-corrected chi connectivity index (χ2v) is 4.56. The van der Waals surface area contributed by atoms with Gasteiger partial charge in [0.2, 0.25) is 0 Å². The summed E-state index contributed by atoms with van der Waals surface area (Å²) in [4.78, 5) is 20.7. The molecule has 1 amide bonds. The molecule has 2 rings (SSSR count). The summed E-state index contributed by atoms with van der Waals surface area (Å²) in [5.41, 5.74) is 7.67. The Morgan fingerprint density at radius 1 is 1.24 bits per heavy atom. The number of amides is 1. The summed E-state index contributed by atoms with van der Waals surface area (Å²) in [6.45, 7) is 3.64. The maximum atomic E-state index is 12.3. The number of nitrogens with zero attached hydrogens (tertiary/aromatic N) is 2. The number of benzene rings is 1. The quantitative estimate of drug-likeness (QED) is 0.745. The molecule has 2 aromatic rings. The van der Waals surface area contributed by atoms with Gasteiger partial charge < -0.3 is 16.2 Å². The highest BCUT2D eigenvalue weighted by molar-refractivity contribution is 6.24. The molecule has 0 saturated carbocycles. The number of aryl methyl sites for hydroxylation is 2. The number of hydrogen-bond donors (Lipinski definition) is 3. The Hall–Kier alpha value is -2.89. The zero-order valence-electron chi connectivity index (χ0n) is 11.8. The van der Waals surface area contributed by atoms with Gasteiger partial charge in [-0.2, -0.15) is 0 Å². The van der Waals surface area contributed by atoms with E-state index in [-0.39, 0.29) is 17.1 Å². The molecule has 0 unspecified atom stereocenters. The minimum Gasteiger partial charge on any atom is -0.508 e. The minimum absolute atomic E-state index is 0.0636. The summed E-state index contributed by atoms with van der Waals surface area (Å²) in [6.07, 6.45) is 1.17. The van der Waals surface area contributed by atoms with E-state index < -0.39 is 5.91 Å². The molecule has 1 aromatic heterocycles. The average molecular weight is 284 g/mol. The Labute approximate surface area is 122 Å². The van der Waals surface area contributed by atoms with Gasteiger partial charge in [0.25, 0.3) is 5.91 Å². The van der Waals surface area contributed by atoms with Gasteiger partial charge in [-0.3, -0.25) is 4.79 Å². The smallest absolute Gasteiger partial charge is 0.260 e. The largest absolute Gasteiger partial charge is 0.508 e. The monoisotopic (exact) mass is 284 g/mol. The molecule has 6 nitrogen and oxygen atoms in total. The molecule has 21 heavy (non-hydrogen) atoms. The Balaban J connectivity index is 2.27. The number of carbonyl (C=O) groups is 1. The van der Waals surface area contributed by atoms with Crippen molar-refractivity contribution in [3.63, 3.8) is 0 Å². The van der Waals surface area contributed by atoms with Crippen LogP contribution in [0.25, 0.3) is 5.57 Å². The summed E-state index contributed by atoms with van der Waals surface area (Å²) < 4.78 is 0. The molecule has 1 heterocycles. The molecule has 0 bridgehead atoms. The van der Waals surface area contributed by atoms with E-state index in [1.54, 1.807) is 12.1 Å². The fraction of sp³-hybridized carbons (Fsp3) is 0.133. The highest BCUT2D eigenvalue weighted by Crippen LogP contribution is 2.18. The fourth-order valence-electron chi connectivity index (χ4n) is 1.88. The number of phenols is 1. The van der Waals surface area contributed by atoms with E-state index in [1.165, 1.54) is 18.3 Å². The second kappa shape index (κ2) is 6.04.